The summed E-state index contributed by atoms with van der Waals surface area (Å²) >= 11 is 1.81. The van der Waals surface area contributed by atoms with Crippen LogP contribution in [0.4, 0.5) is 0 Å². The van der Waals surface area contributed by atoms with Gasteiger partial charge in [-0.1, -0.05) is 11.6 Å². The monoisotopic (exact) mass is 263 g/mol. The van der Waals surface area contributed by atoms with Crippen molar-refractivity contribution in [1.29, 1.82) is 0 Å². The topological polar surface area (TPSA) is 64.9 Å². The van der Waals surface area contributed by atoms with E-state index in [1.807, 2.05) is 0 Å². The molecule has 0 saturated heterocycles. The summed E-state index contributed by atoms with van der Waals surface area (Å²) in [5, 5.41) is 3.95. The molecule has 0 bridgehead atoms. The van der Waals surface area contributed by atoms with Crippen molar-refractivity contribution < 1.29 is 4.52 Å². The minimum atomic E-state index is 0.555. The molecule has 0 fully saturated rings. The fourth-order valence-electron chi connectivity index (χ4n) is 2.36. The Morgan fingerprint density at radius 3 is 3.06 bits per heavy atom. The number of aromatic nitrogens is 2. The highest BCUT2D eigenvalue weighted by Gasteiger charge is 2.16. The Kier molecular flexibility index (Phi) is 3.43. The van der Waals surface area contributed by atoms with E-state index < -0.39 is 0 Å². The maximum Gasteiger partial charge on any atom is 0.268 e. The van der Waals surface area contributed by atoms with Crippen molar-refractivity contribution in [1.82, 2.24) is 10.1 Å². The van der Waals surface area contributed by atoms with Gasteiger partial charge >= 0.3 is 0 Å². The van der Waals surface area contributed by atoms with Crippen molar-refractivity contribution in [2.45, 2.75) is 38.5 Å². The molecule has 0 unspecified atom stereocenters. The summed E-state index contributed by atoms with van der Waals surface area (Å²) in [4.78, 5) is 7.00. The van der Waals surface area contributed by atoms with Crippen molar-refractivity contribution in [3.05, 3.63) is 22.3 Å². The fraction of sp³-hybridized carbons (Fsp3) is 0.538. The van der Waals surface area contributed by atoms with Crippen LogP contribution in [0.3, 0.4) is 0 Å². The Balaban J connectivity index is 1.87. The Morgan fingerprint density at radius 1 is 1.28 bits per heavy atom. The van der Waals surface area contributed by atoms with Crippen LogP contribution in [0.15, 0.2) is 10.6 Å². The minimum Gasteiger partial charge on any atom is -0.333 e. The van der Waals surface area contributed by atoms with E-state index >= 15 is 0 Å². The molecule has 18 heavy (non-hydrogen) atoms. The molecule has 2 aromatic rings. The molecule has 5 heteroatoms. The zero-order valence-electron chi connectivity index (χ0n) is 10.3. The predicted molar refractivity (Wildman–Crippen MR) is 71.6 cm³/mol. The molecule has 0 saturated carbocycles. The molecular formula is C13H17N3OS. The standard InChI is InChI=1S/C13H17N3OS/c14-7-6-12-15-13(17-16-12)11-8-9-4-2-1-3-5-10(9)18-11/h8H,1-7,14H2. The Bertz CT molecular complexity index is 509. The van der Waals surface area contributed by atoms with Gasteiger partial charge in [0.1, 0.15) is 0 Å². The van der Waals surface area contributed by atoms with Crippen molar-refractivity contribution in [2.75, 3.05) is 6.54 Å². The summed E-state index contributed by atoms with van der Waals surface area (Å²) in [6.45, 7) is 0.555. The van der Waals surface area contributed by atoms with Crippen molar-refractivity contribution >= 4 is 11.3 Å². The number of aryl methyl sites for hydroxylation is 2. The van der Waals surface area contributed by atoms with Gasteiger partial charge in [0.05, 0.1) is 4.88 Å². The lowest BCUT2D eigenvalue weighted by molar-refractivity contribution is 0.423. The van der Waals surface area contributed by atoms with Crippen LogP contribution >= 0.6 is 11.3 Å². The predicted octanol–water partition coefficient (Wildman–Crippen LogP) is 2.57. The van der Waals surface area contributed by atoms with Crippen LogP contribution in [-0.2, 0) is 19.3 Å². The average molecular weight is 263 g/mol. The van der Waals surface area contributed by atoms with Gasteiger partial charge in [0.2, 0.25) is 0 Å². The number of thiophene rings is 1. The van der Waals surface area contributed by atoms with Gasteiger partial charge in [-0.15, -0.1) is 11.3 Å². The second-order valence-corrected chi connectivity index (χ2v) is 5.81. The SMILES string of the molecule is NCCc1noc(-c2cc3c(s2)CCCCC3)n1. The van der Waals surface area contributed by atoms with E-state index in [1.54, 1.807) is 11.3 Å². The van der Waals surface area contributed by atoms with Gasteiger partial charge in [-0.3, -0.25) is 0 Å². The molecule has 2 heterocycles. The summed E-state index contributed by atoms with van der Waals surface area (Å²) in [5.41, 5.74) is 6.96. The lowest BCUT2D eigenvalue weighted by Gasteiger charge is -1.92. The maximum atomic E-state index is 5.49. The number of hydrogen-bond donors (Lipinski definition) is 1. The Hall–Kier alpha value is -1.20. The smallest absolute Gasteiger partial charge is 0.268 e. The average Bonchev–Trinajstić information content (AvgIpc) is 2.93. The first-order valence-corrected chi connectivity index (χ1v) is 7.33. The van der Waals surface area contributed by atoms with Crippen LogP contribution in [0.5, 0.6) is 0 Å². The molecule has 0 aliphatic heterocycles. The number of rotatable bonds is 3. The Labute approximate surface area is 110 Å². The first-order valence-electron chi connectivity index (χ1n) is 6.51. The third-order valence-electron chi connectivity index (χ3n) is 3.29. The highest BCUT2D eigenvalue weighted by atomic mass is 32.1. The van der Waals surface area contributed by atoms with Gasteiger partial charge in [-0.05, 0) is 43.9 Å². The summed E-state index contributed by atoms with van der Waals surface area (Å²) in [6, 6.07) is 2.23. The summed E-state index contributed by atoms with van der Waals surface area (Å²) in [7, 11) is 0. The van der Waals surface area contributed by atoms with Crippen LogP contribution in [0, 0.1) is 0 Å². The number of hydrogen-bond acceptors (Lipinski definition) is 5. The molecule has 0 radical (unpaired) electrons. The van der Waals surface area contributed by atoms with Crippen LogP contribution in [0.1, 0.15) is 35.5 Å². The van der Waals surface area contributed by atoms with Gasteiger partial charge in [-0.25, -0.2) is 0 Å². The van der Waals surface area contributed by atoms with Crippen LogP contribution in [0.25, 0.3) is 10.8 Å². The third-order valence-corrected chi connectivity index (χ3v) is 4.52. The second-order valence-electron chi connectivity index (χ2n) is 4.67. The molecule has 4 nitrogen and oxygen atoms in total. The molecule has 2 N–H and O–H groups in total. The molecule has 0 amide bonds. The van der Waals surface area contributed by atoms with Gasteiger partial charge in [0.15, 0.2) is 5.82 Å². The zero-order valence-corrected chi connectivity index (χ0v) is 11.1. The van der Waals surface area contributed by atoms with E-state index in [1.165, 1.54) is 42.5 Å². The number of fused-ring (bicyclic) bond motifs is 1. The summed E-state index contributed by atoms with van der Waals surface area (Å²) in [5.74, 6) is 1.35. The molecule has 1 aliphatic rings. The van der Waals surface area contributed by atoms with Crippen LogP contribution in [-0.4, -0.2) is 16.7 Å². The third kappa shape index (κ3) is 2.33. The summed E-state index contributed by atoms with van der Waals surface area (Å²) < 4.78 is 5.31. The number of nitrogens with two attached hydrogens (primary N) is 1. The van der Waals surface area contributed by atoms with Crippen molar-refractivity contribution in [2.24, 2.45) is 5.73 Å². The highest BCUT2D eigenvalue weighted by molar-refractivity contribution is 7.15. The quantitative estimate of drug-likeness (QED) is 0.864. The minimum absolute atomic E-state index is 0.555. The van der Waals surface area contributed by atoms with E-state index in [4.69, 9.17) is 10.3 Å². The van der Waals surface area contributed by atoms with Crippen LogP contribution < -0.4 is 5.73 Å². The normalized spacial score (nSPS) is 15.4. The zero-order chi connectivity index (χ0) is 12.4. The molecule has 3 rings (SSSR count). The van der Waals surface area contributed by atoms with Gasteiger partial charge in [0.25, 0.3) is 5.89 Å². The molecule has 1 aliphatic carbocycles. The van der Waals surface area contributed by atoms with Gasteiger partial charge in [0, 0.05) is 11.3 Å². The van der Waals surface area contributed by atoms with E-state index in [0.29, 0.717) is 24.7 Å². The van der Waals surface area contributed by atoms with E-state index in [2.05, 4.69) is 16.2 Å². The lowest BCUT2D eigenvalue weighted by Crippen LogP contribution is -2.03. The summed E-state index contributed by atoms with van der Waals surface area (Å²) in [6.07, 6.45) is 7.01. The highest BCUT2D eigenvalue weighted by Crippen LogP contribution is 2.34. The molecular weight excluding hydrogens is 246 g/mol. The van der Waals surface area contributed by atoms with Gasteiger partial charge < -0.3 is 10.3 Å². The lowest BCUT2D eigenvalue weighted by atomic mass is 10.1. The second kappa shape index (κ2) is 5.20. The largest absolute Gasteiger partial charge is 0.333 e. The molecule has 0 aromatic carbocycles. The number of nitrogens with zero attached hydrogens (tertiary/aromatic N) is 2. The molecule has 96 valence electrons. The fourth-order valence-corrected chi connectivity index (χ4v) is 3.53. The van der Waals surface area contributed by atoms with Crippen molar-refractivity contribution in [3.8, 4) is 10.8 Å². The molecule has 0 atom stereocenters. The first-order chi connectivity index (χ1) is 8.86. The first kappa shape index (κ1) is 11.9. The van der Waals surface area contributed by atoms with E-state index in [0.717, 1.165) is 4.88 Å². The van der Waals surface area contributed by atoms with E-state index in [-0.39, 0.29) is 0 Å². The van der Waals surface area contributed by atoms with E-state index in [9.17, 15) is 0 Å². The van der Waals surface area contributed by atoms with Gasteiger partial charge in [-0.2, -0.15) is 4.98 Å². The van der Waals surface area contributed by atoms with Crippen LogP contribution in [0.2, 0.25) is 0 Å². The molecule has 2 aromatic heterocycles. The Morgan fingerprint density at radius 2 is 2.17 bits per heavy atom. The van der Waals surface area contributed by atoms with Crippen molar-refractivity contribution in [3.63, 3.8) is 0 Å². The molecule has 0 spiro atoms. The maximum absolute atomic E-state index is 5.49.